The molecule has 4 atom stereocenters. The van der Waals surface area contributed by atoms with E-state index in [1.807, 2.05) is 6.07 Å². The van der Waals surface area contributed by atoms with E-state index in [1.54, 1.807) is 0 Å². The molecule has 0 aliphatic carbocycles. The van der Waals surface area contributed by atoms with Gasteiger partial charge in [0.05, 0.1) is 12.7 Å². The Kier molecular flexibility index (Phi) is 5.13. The molecule has 0 aromatic heterocycles. The highest BCUT2D eigenvalue weighted by Crippen LogP contribution is 2.26. The number of hydrogen-bond acceptors (Lipinski definition) is 3. The minimum Gasteiger partial charge on any atom is -0.391 e. The Morgan fingerprint density at radius 1 is 1.44 bits per heavy atom. The zero-order valence-electron chi connectivity index (χ0n) is 10.8. The number of nitrogens with zero attached hydrogens (tertiary/aromatic N) is 1. The summed E-state index contributed by atoms with van der Waals surface area (Å²) in [5, 5.41) is 10.1. The molecule has 0 radical (unpaired) electrons. The largest absolute Gasteiger partial charge is 0.391 e. The molecule has 1 aromatic carbocycles. The average molecular weight is 271 g/mol. The first-order valence-electron chi connectivity index (χ1n) is 6.46. The fourth-order valence-electron chi connectivity index (χ4n) is 2.70. The molecule has 2 rings (SSSR count). The van der Waals surface area contributed by atoms with E-state index < -0.39 is 0 Å². The van der Waals surface area contributed by atoms with Crippen LogP contribution in [0.25, 0.3) is 0 Å². The molecular weight excluding hydrogens is 245 g/mol. The summed E-state index contributed by atoms with van der Waals surface area (Å²) in [5.74, 6) is 0.701. The second-order valence-electron chi connectivity index (χ2n) is 5.22. The molecule has 0 amide bonds. The zero-order valence-corrected chi connectivity index (χ0v) is 12.0. The van der Waals surface area contributed by atoms with Gasteiger partial charge in [-0.1, -0.05) is 37.3 Å². The van der Waals surface area contributed by atoms with E-state index in [9.17, 15) is 5.11 Å². The lowest BCUT2D eigenvalue weighted by atomic mass is 9.92. The molecule has 1 aliphatic rings. The van der Waals surface area contributed by atoms with Gasteiger partial charge in [0.2, 0.25) is 0 Å². The van der Waals surface area contributed by atoms with Gasteiger partial charge < -0.3 is 9.63 Å². The van der Waals surface area contributed by atoms with Gasteiger partial charge in [-0.3, -0.25) is 4.90 Å². The minimum absolute atomic E-state index is 0. The molecule has 0 bridgehead atoms. The van der Waals surface area contributed by atoms with Gasteiger partial charge in [0.1, 0.15) is 0 Å². The molecule has 3 nitrogen and oxygen atoms in total. The Balaban J connectivity index is 0.00000180. The predicted octanol–water partition coefficient (Wildman–Crippen LogP) is 2.17. The average Bonchev–Trinajstić information content (AvgIpc) is 2.72. The first-order chi connectivity index (χ1) is 8.70. The van der Waals surface area contributed by atoms with Crippen LogP contribution in [0.3, 0.4) is 0 Å². The van der Waals surface area contributed by atoms with E-state index in [2.05, 4.69) is 45.6 Å². The lowest BCUT2D eigenvalue weighted by Gasteiger charge is -2.21. The van der Waals surface area contributed by atoms with E-state index in [-0.39, 0.29) is 7.53 Å². The van der Waals surface area contributed by atoms with Crippen LogP contribution in [0.5, 0.6) is 0 Å². The van der Waals surface area contributed by atoms with Gasteiger partial charge >= 0.3 is 0 Å². The molecule has 1 saturated heterocycles. The third-order valence-corrected chi connectivity index (χ3v) is 3.94. The number of hydrogen-bond donors (Lipinski definition) is 1. The zero-order chi connectivity index (χ0) is 13.0. The molecule has 18 heavy (non-hydrogen) atoms. The first kappa shape index (κ1) is 14.0. The van der Waals surface area contributed by atoms with Gasteiger partial charge in [0.25, 0.3) is 0 Å². The SMILES string of the molecule is CC(COP)C1CN(Cc2ccccc2)CC1O.[3HH]. The second-order valence-corrected chi connectivity index (χ2v) is 5.55. The van der Waals surface area contributed by atoms with Crippen LogP contribution in [0.2, 0.25) is 0 Å². The first-order valence-corrected chi connectivity index (χ1v) is 6.94. The van der Waals surface area contributed by atoms with Gasteiger partial charge in [0, 0.05) is 36.4 Å². The van der Waals surface area contributed by atoms with Crippen molar-refractivity contribution in [3.8, 4) is 0 Å². The highest BCUT2D eigenvalue weighted by Gasteiger charge is 2.34. The topological polar surface area (TPSA) is 32.7 Å². The maximum Gasteiger partial charge on any atom is 0.0710 e. The molecule has 0 saturated carbocycles. The number of likely N-dealkylation sites (tertiary alicyclic amines) is 1. The van der Waals surface area contributed by atoms with Crippen LogP contribution in [0, 0.1) is 11.8 Å². The summed E-state index contributed by atoms with van der Waals surface area (Å²) in [6.45, 7) is 5.46. The number of benzene rings is 1. The maximum atomic E-state index is 10.1. The van der Waals surface area contributed by atoms with Gasteiger partial charge in [-0.15, -0.1) is 0 Å². The summed E-state index contributed by atoms with van der Waals surface area (Å²) in [5.41, 5.74) is 1.31. The van der Waals surface area contributed by atoms with Crippen molar-refractivity contribution in [3.05, 3.63) is 35.9 Å². The highest BCUT2D eigenvalue weighted by atomic mass is 31.0. The number of rotatable bonds is 5. The summed E-state index contributed by atoms with van der Waals surface area (Å²) in [4.78, 5) is 2.32. The van der Waals surface area contributed by atoms with Crippen molar-refractivity contribution in [2.45, 2.75) is 19.6 Å². The van der Waals surface area contributed by atoms with Crippen molar-refractivity contribution in [1.29, 1.82) is 0 Å². The van der Waals surface area contributed by atoms with Crippen molar-refractivity contribution >= 4 is 9.47 Å². The molecule has 4 unspecified atom stereocenters. The minimum atomic E-state index is -0.233. The summed E-state index contributed by atoms with van der Waals surface area (Å²) in [6, 6.07) is 10.4. The van der Waals surface area contributed by atoms with Crippen LogP contribution in [-0.4, -0.2) is 35.8 Å². The van der Waals surface area contributed by atoms with Crippen molar-refractivity contribution in [1.82, 2.24) is 4.90 Å². The van der Waals surface area contributed by atoms with Crippen LogP contribution in [0.15, 0.2) is 30.3 Å². The molecule has 1 aromatic rings. The summed E-state index contributed by atoms with van der Waals surface area (Å²) in [7, 11) is 2.29. The lowest BCUT2D eigenvalue weighted by Crippen LogP contribution is -2.26. The van der Waals surface area contributed by atoms with E-state index in [4.69, 9.17) is 4.52 Å². The van der Waals surface area contributed by atoms with Crippen LogP contribution >= 0.6 is 9.47 Å². The van der Waals surface area contributed by atoms with Gasteiger partial charge in [-0.05, 0) is 11.5 Å². The highest BCUT2D eigenvalue weighted by molar-refractivity contribution is 7.09. The van der Waals surface area contributed by atoms with E-state index >= 15 is 0 Å². The Hall–Kier alpha value is -0.470. The molecule has 0 spiro atoms. The lowest BCUT2D eigenvalue weighted by molar-refractivity contribution is 0.0994. The Morgan fingerprint density at radius 2 is 2.17 bits per heavy atom. The Bertz CT molecular complexity index is 366. The normalized spacial score (nSPS) is 26.4. The fourth-order valence-corrected chi connectivity index (χ4v) is 3.00. The molecule has 1 fully saturated rings. The fraction of sp³-hybridized carbons (Fsp3) is 0.571. The Labute approximate surface area is 113 Å². The number of aliphatic hydroxyl groups is 1. The predicted molar refractivity (Wildman–Crippen MR) is 78.2 cm³/mol. The van der Waals surface area contributed by atoms with E-state index in [0.717, 1.165) is 19.6 Å². The summed E-state index contributed by atoms with van der Waals surface area (Å²) in [6.07, 6.45) is -0.233. The molecule has 1 heterocycles. The van der Waals surface area contributed by atoms with Crippen molar-refractivity contribution in [3.63, 3.8) is 0 Å². The Morgan fingerprint density at radius 3 is 2.83 bits per heavy atom. The summed E-state index contributed by atoms with van der Waals surface area (Å²) < 4.78 is 5.10. The number of aliphatic hydroxyl groups excluding tert-OH is 1. The standard InChI is InChI=1S/C14H22NO2P.H2/c1-11(10-17-18)13-8-15(9-14(13)16)7-12-5-3-2-4-6-12;/h2-6,11,13-14,16H,7-10,18H2,1H3;1H/i;1+2. The molecule has 1 N–H and O–H groups in total. The smallest absolute Gasteiger partial charge is 0.0710 e. The quantitative estimate of drug-likeness (QED) is 0.833. The number of β-amino-alcohol motifs (C(OH)–C–C–N with tert-alkyl or cyclic N) is 1. The monoisotopic (exact) mass is 271 g/mol. The van der Waals surface area contributed by atoms with Crippen LogP contribution in [-0.2, 0) is 11.1 Å². The molecular formula is C14H24NO2P. The maximum absolute atomic E-state index is 10.1. The van der Waals surface area contributed by atoms with Crippen molar-refractivity contribution < 1.29 is 11.1 Å². The van der Waals surface area contributed by atoms with Crippen molar-refractivity contribution in [2.75, 3.05) is 19.7 Å². The van der Waals surface area contributed by atoms with Crippen LogP contribution in [0.1, 0.15) is 13.9 Å². The molecule has 4 heteroatoms. The molecule has 1 aliphatic heterocycles. The third-order valence-electron chi connectivity index (χ3n) is 3.75. The second kappa shape index (κ2) is 6.63. The van der Waals surface area contributed by atoms with Crippen LogP contribution in [0.4, 0.5) is 0 Å². The van der Waals surface area contributed by atoms with E-state index in [1.165, 1.54) is 5.56 Å². The van der Waals surface area contributed by atoms with E-state index in [0.29, 0.717) is 18.4 Å². The summed E-state index contributed by atoms with van der Waals surface area (Å²) >= 11 is 0. The van der Waals surface area contributed by atoms with Gasteiger partial charge in [-0.2, -0.15) is 0 Å². The van der Waals surface area contributed by atoms with Gasteiger partial charge in [0.15, 0.2) is 0 Å². The third kappa shape index (κ3) is 3.52. The van der Waals surface area contributed by atoms with Crippen molar-refractivity contribution in [2.24, 2.45) is 11.8 Å². The van der Waals surface area contributed by atoms with Crippen LogP contribution < -0.4 is 0 Å². The molecule has 102 valence electrons. The van der Waals surface area contributed by atoms with Gasteiger partial charge in [-0.25, -0.2) is 0 Å².